The van der Waals surface area contributed by atoms with Crippen molar-refractivity contribution < 1.29 is 9.66 Å². The van der Waals surface area contributed by atoms with E-state index in [0.717, 1.165) is 0 Å². The molecule has 64 valence electrons. The minimum absolute atomic E-state index is 0.120. The van der Waals surface area contributed by atoms with E-state index in [1.54, 1.807) is 6.20 Å². The number of rotatable bonds is 3. The predicted octanol–water partition coefficient (Wildman–Crippen LogP) is 0.190. The smallest absolute Gasteiger partial charge is 0.390 e. The van der Waals surface area contributed by atoms with Crippen molar-refractivity contribution in [2.45, 2.75) is 12.6 Å². The highest BCUT2D eigenvalue weighted by molar-refractivity contribution is 5.07. The Kier molecular flexibility index (Phi) is 1.54. The highest BCUT2D eigenvalue weighted by atomic mass is 16.6. The normalized spacial score (nSPS) is 20.8. The van der Waals surface area contributed by atoms with E-state index >= 15 is 0 Å². The van der Waals surface area contributed by atoms with Crippen LogP contribution in [0.3, 0.4) is 0 Å². The number of aromatic nitrogens is 2. The predicted molar refractivity (Wildman–Crippen MR) is 38.6 cm³/mol. The molecule has 6 nitrogen and oxygen atoms in total. The Hall–Kier alpha value is -1.43. The number of epoxide rings is 1. The van der Waals surface area contributed by atoms with E-state index < -0.39 is 4.92 Å². The van der Waals surface area contributed by atoms with Crippen LogP contribution in [0.2, 0.25) is 0 Å². The molecule has 6 heteroatoms. The molecule has 2 rings (SSSR count). The van der Waals surface area contributed by atoms with Gasteiger partial charge in [0.25, 0.3) is 0 Å². The Labute approximate surface area is 67.9 Å². The van der Waals surface area contributed by atoms with Gasteiger partial charge < -0.3 is 14.9 Å². The van der Waals surface area contributed by atoms with Gasteiger partial charge in [0.1, 0.15) is 25.0 Å². The molecule has 0 N–H and O–H groups in total. The van der Waals surface area contributed by atoms with Gasteiger partial charge in [-0.3, -0.25) is 0 Å². The number of nitrogens with zero attached hydrogens (tertiary/aromatic N) is 3. The van der Waals surface area contributed by atoms with Crippen molar-refractivity contribution >= 4 is 5.95 Å². The van der Waals surface area contributed by atoms with Crippen molar-refractivity contribution in [3.63, 3.8) is 0 Å². The van der Waals surface area contributed by atoms with Gasteiger partial charge in [0.2, 0.25) is 0 Å². The lowest BCUT2D eigenvalue weighted by Crippen LogP contribution is -2.06. The van der Waals surface area contributed by atoms with Gasteiger partial charge in [-0.25, -0.2) is 4.57 Å². The zero-order valence-corrected chi connectivity index (χ0v) is 6.21. The van der Waals surface area contributed by atoms with E-state index in [9.17, 15) is 10.1 Å². The fraction of sp³-hybridized carbons (Fsp3) is 0.500. The average Bonchev–Trinajstić information content (AvgIpc) is 2.66. The van der Waals surface area contributed by atoms with Crippen LogP contribution in [-0.2, 0) is 11.3 Å². The van der Waals surface area contributed by atoms with Gasteiger partial charge in [0.15, 0.2) is 0 Å². The fourth-order valence-electron chi connectivity index (χ4n) is 1.01. The summed E-state index contributed by atoms with van der Waals surface area (Å²) in [6, 6.07) is 0. The lowest BCUT2D eigenvalue weighted by Gasteiger charge is -1.96. The van der Waals surface area contributed by atoms with E-state index in [1.807, 2.05) is 0 Å². The minimum Gasteiger partial charge on any atom is -0.390 e. The fourth-order valence-corrected chi connectivity index (χ4v) is 1.01. The highest BCUT2D eigenvalue weighted by Gasteiger charge is 2.27. The van der Waals surface area contributed by atoms with Crippen molar-refractivity contribution in [2.75, 3.05) is 6.61 Å². The number of hydrogen-bond acceptors (Lipinski definition) is 4. The maximum absolute atomic E-state index is 10.4. The third-order valence-electron chi connectivity index (χ3n) is 1.66. The molecule has 0 saturated carbocycles. The Morgan fingerprint density at radius 3 is 3.25 bits per heavy atom. The van der Waals surface area contributed by atoms with Gasteiger partial charge in [0, 0.05) is 0 Å². The van der Waals surface area contributed by atoms with Gasteiger partial charge in [-0.2, -0.15) is 0 Å². The first-order valence-corrected chi connectivity index (χ1v) is 3.54. The number of nitro groups is 1. The van der Waals surface area contributed by atoms with E-state index in [4.69, 9.17) is 4.74 Å². The second-order valence-electron chi connectivity index (χ2n) is 2.59. The van der Waals surface area contributed by atoms with Crippen LogP contribution in [0.1, 0.15) is 0 Å². The zero-order valence-electron chi connectivity index (χ0n) is 6.21. The molecule has 1 atom stereocenters. The van der Waals surface area contributed by atoms with Crippen molar-refractivity contribution in [1.82, 2.24) is 9.55 Å². The first-order valence-electron chi connectivity index (χ1n) is 3.54. The van der Waals surface area contributed by atoms with Crippen molar-refractivity contribution in [3.05, 3.63) is 22.5 Å². The molecule has 0 aliphatic carbocycles. The van der Waals surface area contributed by atoms with E-state index in [0.29, 0.717) is 13.2 Å². The van der Waals surface area contributed by atoms with Crippen LogP contribution in [0.5, 0.6) is 0 Å². The molecule has 1 aliphatic rings. The largest absolute Gasteiger partial charge is 0.434 e. The van der Waals surface area contributed by atoms with E-state index in [-0.39, 0.29) is 12.1 Å². The third-order valence-corrected chi connectivity index (χ3v) is 1.66. The summed E-state index contributed by atoms with van der Waals surface area (Å²) >= 11 is 0. The number of imidazole rings is 1. The summed E-state index contributed by atoms with van der Waals surface area (Å²) in [5.41, 5.74) is 0. The Morgan fingerprint density at radius 2 is 2.67 bits per heavy atom. The summed E-state index contributed by atoms with van der Waals surface area (Å²) in [6.07, 6.45) is 3.14. The van der Waals surface area contributed by atoms with Crippen LogP contribution in [0.25, 0.3) is 0 Å². The zero-order chi connectivity index (χ0) is 8.55. The lowest BCUT2D eigenvalue weighted by molar-refractivity contribution is -0.396. The molecule has 0 amide bonds. The summed E-state index contributed by atoms with van der Waals surface area (Å²) in [4.78, 5) is 13.5. The number of ether oxygens (including phenoxy) is 1. The monoisotopic (exact) mass is 169 g/mol. The molecule has 12 heavy (non-hydrogen) atoms. The summed E-state index contributed by atoms with van der Waals surface area (Å²) in [5, 5.41) is 10.4. The highest BCUT2D eigenvalue weighted by Crippen LogP contribution is 2.15. The molecule has 2 heterocycles. The van der Waals surface area contributed by atoms with Crippen LogP contribution in [0.4, 0.5) is 5.95 Å². The van der Waals surface area contributed by atoms with Gasteiger partial charge >= 0.3 is 5.95 Å². The maximum Gasteiger partial charge on any atom is 0.434 e. The van der Waals surface area contributed by atoms with Crippen molar-refractivity contribution in [3.8, 4) is 0 Å². The van der Waals surface area contributed by atoms with Crippen LogP contribution >= 0.6 is 0 Å². The summed E-state index contributed by atoms with van der Waals surface area (Å²) in [5.74, 6) is -0.120. The summed E-state index contributed by atoms with van der Waals surface area (Å²) in [7, 11) is 0. The maximum atomic E-state index is 10.4. The Balaban J connectivity index is 2.17. The van der Waals surface area contributed by atoms with Crippen LogP contribution < -0.4 is 0 Å². The van der Waals surface area contributed by atoms with Gasteiger partial charge in [-0.1, -0.05) is 4.98 Å². The first kappa shape index (κ1) is 7.23. The summed E-state index contributed by atoms with van der Waals surface area (Å²) < 4.78 is 6.43. The number of hydrogen-bond donors (Lipinski definition) is 0. The third kappa shape index (κ3) is 1.28. The van der Waals surface area contributed by atoms with Gasteiger partial charge in [0.05, 0.1) is 6.61 Å². The molecule has 0 spiro atoms. The first-order chi connectivity index (χ1) is 5.77. The Morgan fingerprint density at radius 1 is 1.92 bits per heavy atom. The summed E-state index contributed by atoms with van der Waals surface area (Å²) in [6.45, 7) is 1.21. The topological polar surface area (TPSA) is 73.5 Å². The molecule has 1 aromatic heterocycles. The Bertz CT molecular complexity index is 305. The van der Waals surface area contributed by atoms with Crippen molar-refractivity contribution in [2.24, 2.45) is 0 Å². The lowest BCUT2D eigenvalue weighted by atomic mass is 10.5. The van der Waals surface area contributed by atoms with E-state index in [2.05, 4.69) is 4.98 Å². The molecular formula is C6H7N3O3. The van der Waals surface area contributed by atoms with Crippen LogP contribution in [0, 0.1) is 10.1 Å². The minimum atomic E-state index is -0.498. The standard InChI is InChI=1S/C6H7N3O3/c10-9(11)6-7-1-2-8(6)3-5-4-12-5/h1-2,5H,3-4H2/t5-/m1/s1. The SMILES string of the molecule is O=[N+]([O-])c1nccn1C[C@@H]1CO1. The molecule has 0 aromatic carbocycles. The van der Waals surface area contributed by atoms with E-state index in [1.165, 1.54) is 10.8 Å². The molecule has 1 saturated heterocycles. The molecular weight excluding hydrogens is 162 g/mol. The average molecular weight is 169 g/mol. The quantitative estimate of drug-likeness (QED) is 0.367. The molecule has 1 aliphatic heterocycles. The van der Waals surface area contributed by atoms with Crippen LogP contribution in [0.15, 0.2) is 12.4 Å². The second kappa shape index (κ2) is 2.56. The van der Waals surface area contributed by atoms with Gasteiger partial charge in [-0.15, -0.1) is 0 Å². The van der Waals surface area contributed by atoms with Crippen LogP contribution in [-0.4, -0.2) is 27.2 Å². The molecule has 1 fully saturated rings. The molecule has 0 bridgehead atoms. The second-order valence-corrected chi connectivity index (χ2v) is 2.59. The van der Waals surface area contributed by atoms with Crippen molar-refractivity contribution in [1.29, 1.82) is 0 Å². The molecule has 0 unspecified atom stereocenters. The van der Waals surface area contributed by atoms with Gasteiger partial charge in [-0.05, 0) is 4.92 Å². The molecule has 1 aromatic rings. The molecule has 0 radical (unpaired) electrons.